The second kappa shape index (κ2) is 9.19. The van der Waals surface area contributed by atoms with E-state index in [-0.39, 0.29) is 22.8 Å². The SMILES string of the molecule is O=C(c1ccc(Oc2ccccc2)cc1Cl)c1c[nH]c2nccc(N[C@@H]3CC[C@H](C(=O)O)C3)c12. The van der Waals surface area contributed by atoms with E-state index in [2.05, 4.69) is 15.3 Å². The highest BCUT2D eigenvalue weighted by Gasteiger charge is 2.30. The lowest BCUT2D eigenvalue weighted by atomic mass is 10.0. The molecule has 2 aromatic carbocycles. The van der Waals surface area contributed by atoms with Gasteiger partial charge in [0.2, 0.25) is 0 Å². The number of aliphatic carboxylic acids is 1. The zero-order valence-corrected chi connectivity index (χ0v) is 18.9. The Kier molecular flexibility index (Phi) is 5.94. The van der Waals surface area contributed by atoms with E-state index in [0.717, 1.165) is 12.1 Å². The number of nitrogens with one attached hydrogen (secondary N) is 2. The summed E-state index contributed by atoms with van der Waals surface area (Å²) in [6, 6.07) is 16.1. The minimum atomic E-state index is -0.768. The third-order valence-electron chi connectivity index (χ3n) is 6.12. The molecule has 2 heterocycles. The van der Waals surface area contributed by atoms with E-state index in [0.29, 0.717) is 46.5 Å². The molecule has 8 heteroatoms. The highest BCUT2D eigenvalue weighted by Crippen LogP contribution is 2.34. The second-order valence-corrected chi connectivity index (χ2v) is 8.77. The van der Waals surface area contributed by atoms with Crippen LogP contribution in [0.5, 0.6) is 11.5 Å². The van der Waals surface area contributed by atoms with Gasteiger partial charge in [0.05, 0.1) is 21.9 Å². The number of hydrogen-bond acceptors (Lipinski definition) is 5. The molecular weight excluding hydrogens is 454 g/mol. The van der Waals surface area contributed by atoms with Crippen molar-refractivity contribution in [2.75, 3.05) is 5.32 Å². The van der Waals surface area contributed by atoms with Crippen LogP contribution in [0.4, 0.5) is 5.69 Å². The highest BCUT2D eigenvalue weighted by atomic mass is 35.5. The molecule has 5 rings (SSSR count). The lowest BCUT2D eigenvalue weighted by Gasteiger charge is -2.15. The number of H-pyrrole nitrogens is 1. The molecule has 0 amide bonds. The number of carbonyl (C=O) groups is 2. The van der Waals surface area contributed by atoms with Crippen molar-refractivity contribution in [2.45, 2.75) is 25.3 Å². The maximum absolute atomic E-state index is 13.5. The van der Waals surface area contributed by atoms with Crippen molar-refractivity contribution in [1.29, 1.82) is 0 Å². The number of carboxylic acids is 1. The first-order valence-electron chi connectivity index (χ1n) is 11.0. The predicted molar refractivity (Wildman–Crippen MR) is 130 cm³/mol. The van der Waals surface area contributed by atoms with Crippen molar-refractivity contribution >= 4 is 40.1 Å². The Morgan fingerprint density at radius 3 is 2.62 bits per heavy atom. The van der Waals surface area contributed by atoms with Gasteiger partial charge in [0.25, 0.3) is 0 Å². The van der Waals surface area contributed by atoms with Crippen LogP contribution in [0.15, 0.2) is 67.0 Å². The largest absolute Gasteiger partial charge is 0.481 e. The van der Waals surface area contributed by atoms with Crippen molar-refractivity contribution in [3.63, 3.8) is 0 Å². The van der Waals surface area contributed by atoms with Gasteiger partial charge < -0.3 is 20.1 Å². The summed E-state index contributed by atoms with van der Waals surface area (Å²) in [6.45, 7) is 0. The van der Waals surface area contributed by atoms with Gasteiger partial charge >= 0.3 is 5.97 Å². The van der Waals surface area contributed by atoms with E-state index in [1.54, 1.807) is 36.7 Å². The monoisotopic (exact) mass is 475 g/mol. The summed E-state index contributed by atoms with van der Waals surface area (Å²) in [7, 11) is 0. The zero-order chi connectivity index (χ0) is 23.7. The van der Waals surface area contributed by atoms with Crippen molar-refractivity contribution < 1.29 is 19.4 Å². The van der Waals surface area contributed by atoms with Crippen molar-refractivity contribution in [3.05, 3.63) is 83.1 Å². The summed E-state index contributed by atoms with van der Waals surface area (Å²) in [5.74, 6) is -0.153. The van der Waals surface area contributed by atoms with E-state index in [4.69, 9.17) is 16.3 Å². The van der Waals surface area contributed by atoms with Crippen LogP contribution in [0.25, 0.3) is 11.0 Å². The molecule has 0 aliphatic heterocycles. The molecule has 2 aromatic heterocycles. The molecule has 34 heavy (non-hydrogen) atoms. The van der Waals surface area contributed by atoms with E-state index in [1.807, 2.05) is 30.3 Å². The van der Waals surface area contributed by atoms with Crippen LogP contribution >= 0.6 is 11.6 Å². The third kappa shape index (κ3) is 4.34. The normalized spacial score (nSPS) is 17.6. The van der Waals surface area contributed by atoms with Crippen LogP contribution in [-0.4, -0.2) is 32.9 Å². The number of rotatable bonds is 7. The Bertz CT molecular complexity index is 1370. The topological polar surface area (TPSA) is 104 Å². The van der Waals surface area contributed by atoms with Crippen LogP contribution < -0.4 is 10.1 Å². The molecule has 4 aromatic rings. The Morgan fingerprint density at radius 1 is 1.06 bits per heavy atom. The van der Waals surface area contributed by atoms with Crippen LogP contribution in [0, 0.1) is 5.92 Å². The van der Waals surface area contributed by atoms with Gasteiger partial charge in [-0.3, -0.25) is 9.59 Å². The number of benzene rings is 2. The summed E-state index contributed by atoms with van der Waals surface area (Å²) < 4.78 is 5.81. The fourth-order valence-corrected chi connectivity index (χ4v) is 4.68. The number of carbonyl (C=O) groups excluding carboxylic acids is 1. The van der Waals surface area contributed by atoms with Gasteiger partial charge in [0, 0.05) is 35.8 Å². The van der Waals surface area contributed by atoms with Crippen LogP contribution in [-0.2, 0) is 4.79 Å². The summed E-state index contributed by atoms with van der Waals surface area (Å²) >= 11 is 6.48. The molecule has 1 aliphatic rings. The Morgan fingerprint density at radius 2 is 1.88 bits per heavy atom. The number of halogens is 1. The Hall–Kier alpha value is -3.84. The Labute approximate surface area is 200 Å². The third-order valence-corrected chi connectivity index (χ3v) is 6.44. The lowest BCUT2D eigenvalue weighted by Crippen LogP contribution is -2.18. The standard InChI is InChI=1S/C26H22ClN3O4/c27-21-13-18(34-17-4-2-1-3-5-17)8-9-19(21)24(31)20-14-29-25-23(20)22(10-11-28-25)30-16-7-6-15(12-16)26(32)33/h1-5,8-11,13-16H,6-7,12H2,(H,32,33)(H2,28,29,30)/t15-,16+/m0/s1. The van der Waals surface area contributed by atoms with Crippen LogP contribution in [0.2, 0.25) is 5.02 Å². The number of anilines is 1. The first-order valence-corrected chi connectivity index (χ1v) is 11.4. The number of fused-ring (bicyclic) bond motifs is 1. The maximum atomic E-state index is 13.5. The fraction of sp³-hybridized carbons (Fsp3) is 0.192. The molecular formula is C26H22ClN3O4. The molecule has 172 valence electrons. The van der Waals surface area contributed by atoms with Crippen molar-refractivity contribution in [2.24, 2.45) is 5.92 Å². The number of aromatic nitrogens is 2. The van der Waals surface area contributed by atoms with Crippen LogP contribution in [0.3, 0.4) is 0 Å². The highest BCUT2D eigenvalue weighted by molar-refractivity contribution is 6.35. The van der Waals surface area contributed by atoms with Crippen molar-refractivity contribution in [3.8, 4) is 11.5 Å². The minimum Gasteiger partial charge on any atom is -0.481 e. The van der Waals surface area contributed by atoms with Crippen molar-refractivity contribution in [1.82, 2.24) is 9.97 Å². The average Bonchev–Trinajstić information content (AvgIpc) is 3.47. The second-order valence-electron chi connectivity index (χ2n) is 8.36. The fourth-order valence-electron chi connectivity index (χ4n) is 4.43. The number of ketones is 1. The molecule has 0 spiro atoms. The van der Waals surface area contributed by atoms with Gasteiger partial charge in [-0.15, -0.1) is 0 Å². The number of nitrogens with zero attached hydrogens (tertiary/aromatic N) is 1. The van der Waals surface area contributed by atoms with E-state index < -0.39 is 5.97 Å². The average molecular weight is 476 g/mol. The molecule has 1 fully saturated rings. The van der Waals surface area contributed by atoms with E-state index in [9.17, 15) is 14.7 Å². The molecule has 2 atom stereocenters. The molecule has 3 N–H and O–H groups in total. The van der Waals surface area contributed by atoms with Gasteiger partial charge in [-0.1, -0.05) is 29.8 Å². The molecule has 1 aliphatic carbocycles. The Balaban J connectivity index is 1.42. The quantitative estimate of drug-likeness (QED) is 0.287. The number of para-hydroxylation sites is 1. The molecule has 0 bridgehead atoms. The molecule has 0 radical (unpaired) electrons. The summed E-state index contributed by atoms with van der Waals surface area (Å²) in [5, 5.41) is 13.7. The maximum Gasteiger partial charge on any atom is 0.306 e. The summed E-state index contributed by atoms with van der Waals surface area (Å²) in [4.78, 5) is 32.2. The lowest BCUT2D eigenvalue weighted by molar-refractivity contribution is -0.141. The number of aromatic amines is 1. The first kappa shape index (κ1) is 22.0. The molecule has 0 saturated heterocycles. The van der Waals surface area contributed by atoms with Gasteiger partial charge in [-0.05, 0) is 49.6 Å². The summed E-state index contributed by atoms with van der Waals surface area (Å²) in [5.41, 5.74) is 2.11. The smallest absolute Gasteiger partial charge is 0.306 e. The molecule has 7 nitrogen and oxygen atoms in total. The minimum absolute atomic E-state index is 0.0163. The van der Waals surface area contributed by atoms with E-state index in [1.165, 1.54) is 0 Å². The van der Waals surface area contributed by atoms with Gasteiger partial charge in [-0.25, -0.2) is 4.98 Å². The number of hydrogen-bond donors (Lipinski definition) is 3. The number of carboxylic acid groups (broad SMARTS) is 1. The number of ether oxygens (including phenoxy) is 1. The van der Waals surface area contributed by atoms with Gasteiger partial charge in [0.1, 0.15) is 17.1 Å². The predicted octanol–water partition coefficient (Wildman–Crippen LogP) is 5.90. The molecule has 1 saturated carbocycles. The van der Waals surface area contributed by atoms with E-state index >= 15 is 0 Å². The summed E-state index contributed by atoms with van der Waals surface area (Å²) in [6.07, 6.45) is 5.21. The van der Waals surface area contributed by atoms with Gasteiger partial charge in [0.15, 0.2) is 5.78 Å². The van der Waals surface area contributed by atoms with Gasteiger partial charge in [-0.2, -0.15) is 0 Å². The zero-order valence-electron chi connectivity index (χ0n) is 18.1. The molecule has 0 unspecified atom stereocenters. The van der Waals surface area contributed by atoms with Crippen LogP contribution in [0.1, 0.15) is 35.2 Å². The number of pyridine rings is 1. The first-order chi connectivity index (χ1) is 16.5.